The molecule has 1 aromatic heterocycles. The average molecular weight is 497 g/mol. The molecule has 2 heterocycles. The fourth-order valence-electron chi connectivity index (χ4n) is 5.32. The fraction of sp³-hybridized carbons (Fsp3) is 0.481. The summed E-state index contributed by atoms with van der Waals surface area (Å²) >= 11 is 1.25. The summed E-state index contributed by atoms with van der Waals surface area (Å²) in [5, 5.41) is 5.03. The van der Waals surface area contributed by atoms with E-state index in [-0.39, 0.29) is 43.2 Å². The lowest BCUT2D eigenvalue weighted by Crippen LogP contribution is -2.59. The number of hydrogen-bond donors (Lipinski definition) is 1. The first kappa shape index (κ1) is 25.1. The summed E-state index contributed by atoms with van der Waals surface area (Å²) in [4.78, 5) is 53.2. The van der Waals surface area contributed by atoms with Gasteiger partial charge in [0.25, 0.3) is 0 Å². The minimum Gasteiger partial charge on any atom is -0.462 e. The van der Waals surface area contributed by atoms with Crippen LogP contribution in [0.3, 0.4) is 0 Å². The van der Waals surface area contributed by atoms with Gasteiger partial charge >= 0.3 is 5.97 Å². The van der Waals surface area contributed by atoms with Crippen LogP contribution in [0, 0.1) is 23.7 Å². The molecule has 2 bridgehead atoms. The highest BCUT2D eigenvalue weighted by atomic mass is 32.1. The Morgan fingerprint density at radius 2 is 1.86 bits per heavy atom. The van der Waals surface area contributed by atoms with Crippen molar-refractivity contribution in [1.29, 1.82) is 0 Å². The van der Waals surface area contributed by atoms with Crippen molar-refractivity contribution in [2.75, 3.05) is 18.5 Å². The zero-order chi connectivity index (χ0) is 25.5. The second-order valence-electron chi connectivity index (χ2n) is 10.2. The van der Waals surface area contributed by atoms with Crippen LogP contribution in [0.5, 0.6) is 0 Å². The van der Waals surface area contributed by atoms with Crippen LogP contribution in [-0.4, -0.2) is 41.7 Å². The van der Waals surface area contributed by atoms with Gasteiger partial charge in [-0.2, -0.15) is 0 Å². The van der Waals surface area contributed by atoms with Gasteiger partial charge in [-0.3, -0.25) is 19.3 Å². The number of hydrogen-bond acceptors (Lipinski definition) is 6. The van der Waals surface area contributed by atoms with Gasteiger partial charge in [0.2, 0.25) is 17.7 Å². The summed E-state index contributed by atoms with van der Waals surface area (Å²) in [5.74, 6) is -1.46. The van der Waals surface area contributed by atoms with Crippen molar-refractivity contribution in [1.82, 2.24) is 4.90 Å². The summed E-state index contributed by atoms with van der Waals surface area (Å²) in [6.45, 7) is 9.86. The molecule has 2 unspecified atom stereocenters. The number of rotatable bonds is 7. The van der Waals surface area contributed by atoms with Gasteiger partial charge in [-0.1, -0.05) is 50.6 Å². The Morgan fingerprint density at radius 3 is 2.51 bits per heavy atom. The SMILES string of the molecule is CCOC(=O)c1c(-c2ccc(C)cc2)csc1NC(=O)CCN1C(=O)C2CCC(C)(C1=O)C2(C)C. The number of nitrogens with one attached hydrogen (secondary N) is 1. The minimum atomic E-state index is -0.601. The number of aryl methyl sites for hydroxylation is 1. The van der Waals surface area contributed by atoms with Crippen molar-refractivity contribution >= 4 is 40.0 Å². The third-order valence-electron chi connectivity index (χ3n) is 7.96. The van der Waals surface area contributed by atoms with Gasteiger partial charge < -0.3 is 10.1 Å². The number of esters is 1. The Bertz CT molecular complexity index is 1180. The first-order chi connectivity index (χ1) is 16.5. The lowest BCUT2D eigenvalue weighted by molar-refractivity contribution is -0.167. The molecule has 7 nitrogen and oxygen atoms in total. The quantitative estimate of drug-likeness (QED) is 0.428. The third kappa shape index (κ3) is 4.18. The van der Waals surface area contributed by atoms with E-state index in [1.165, 1.54) is 16.2 Å². The van der Waals surface area contributed by atoms with Crippen LogP contribution >= 0.6 is 11.3 Å². The van der Waals surface area contributed by atoms with E-state index in [1.807, 2.05) is 57.3 Å². The standard InChI is InChI=1S/C27H32N2O5S/c1-6-34-24(32)21-18(17-9-7-16(2)8-10-17)15-35-22(21)28-20(30)12-14-29-23(31)19-11-13-27(5,25(29)33)26(19,3)4/h7-10,15,19H,6,11-14H2,1-5H3,(H,28,30). The number of benzene rings is 1. The van der Waals surface area contributed by atoms with Gasteiger partial charge in [0.1, 0.15) is 10.6 Å². The molecule has 2 fully saturated rings. The number of likely N-dealkylation sites (tertiary alicyclic amines) is 1. The van der Waals surface area contributed by atoms with Crippen LogP contribution in [0.2, 0.25) is 0 Å². The van der Waals surface area contributed by atoms with E-state index in [0.29, 0.717) is 29.0 Å². The molecule has 1 aliphatic carbocycles. The zero-order valence-corrected chi connectivity index (χ0v) is 21.7. The molecular formula is C27H32N2O5S. The van der Waals surface area contributed by atoms with Crippen LogP contribution < -0.4 is 5.32 Å². The first-order valence-electron chi connectivity index (χ1n) is 12.0. The van der Waals surface area contributed by atoms with Crippen LogP contribution in [0.4, 0.5) is 5.00 Å². The molecule has 1 saturated heterocycles. The molecule has 8 heteroatoms. The molecular weight excluding hydrogens is 464 g/mol. The molecule has 0 spiro atoms. The Morgan fingerprint density at radius 1 is 1.17 bits per heavy atom. The highest BCUT2D eigenvalue weighted by Crippen LogP contribution is 2.60. The van der Waals surface area contributed by atoms with E-state index in [0.717, 1.165) is 11.1 Å². The lowest BCUT2D eigenvalue weighted by Gasteiger charge is -2.47. The third-order valence-corrected chi connectivity index (χ3v) is 8.85. The molecule has 0 radical (unpaired) electrons. The van der Waals surface area contributed by atoms with Gasteiger partial charge in [-0.25, -0.2) is 4.79 Å². The van der Waals surface area contributed by atoms with Gasteiger partial charge in [0.15, 0.2) is 0 Å². The number of thiophene rings is 1. The van der Waals surface area contributed by atoms with E-state index < -0.39 is 16.8 Å². The maximum atomic E-state index is 13.2. The van der Waals surface area contributed by atoms with Crippen LogP contribution in [-0.2, 0) is 19.1 Å². The van der Waals surface area contributed by atoms with Crippen molar-refractivity contribution in [3.05, 3.63) is 40.8 Å². The number of anilines is 1. The molecule has 1 aliphatic heterocycles. The predicted octanol–water partition coefficient (Wildman–Crippen LogP) is 5.04. The largest absolute Gasteiger partial charge is 0.462 e. The number of amides is 3. The van der Waals surface area contributed by atoms with Gasteiger partial charge in [0.05, 0.1) is 12.0 Å². The maximum absolute atomic E-state index is 13.2. The summed E-state index contributed by atoms with van der Waals surface area (Å²) in [5.41, 5.74) is 1.96. The monoisotopic (exact) mass is 496 g/mol. The highest BCUT2D eigenvalue weighted by Gasteiger charge is 2.64. The predicted molar refractivity (Wildman–Crippen MR) is 135 cm³/mol. The molecule has 35 heavy (non-hydrogen) atoms. The number of carbonyl (C=O) groups is 4. The van der Waals surface area contributed by atoms with Gasteiger partial charge in [-0.15, -0.1) is 11.3 Å². The topological polar surface area (TPSA) is 92.8 Å². The summed E-state index contributed by atoms with van der Waals surface area (Å²) in [7, 11) is 0. The van der Waals surface area contributed by atoms with Crippen molar-refractivity contribution in [3.63, 3.8) is 0 Å². The molecule has 3 amide bonds. The van der Waals surface area contributed by atoms with Gasteiger partial charge in [-0.05, 0) is 37.7 Å². The van der Waals surface area contributed by atoms with Crippen molar-refractivity contribution in [2.24, 2.45) is 16.7 Å². The van der Waals surface area contributed by atoms with Crippen molar-refractivity contribution < 1.29 is 23.9 Å². The minimum absolute atomic E-state index is 0.0244. The molecule has 1 saturated carbocycles. The molecule has 1 N–H and O–H groups in total. The first-order valence-corrected chi connectivity index (χ1v) is 12.9. The Kier molecular flexibility index (Phi) is 6.62. The van der Waals surface area contributed by atoms with Gasteiger partial charge in [0, 0.05) is 29.8 Å². The van der Waals surface area contributed by atoms with Crippen LogP contribution in [0.25, 0.3) is 11.1 Å². The van der Waals surface area contributed by atoms with Crippen molar-refractivity contribution in [3.8, 4) is 11.1 Å². The van der Waals surface area contributed by atoms with E-state index in [1.54, 1.807) is 6.92 Å². The van der Waals surface area contributed by atoms with E-state index in [2.05, 4.69) is 5.32 Å². The molecule has 186 valence electrons. The number of imide groups is 1. The second-order valence-corrected chi connectivity index (χ2v) is 11.1. The van der Waals surface area contributed by atoms with Crippen molar-refractivity contribution in [2.45, 2.75) is 53.9 Å². The van der Waals surface area contributed by atoms with E-state index in [9.17, 15) is 19.2 Å². The molecule has 1 aromatic carbocycles. The van der Waals surface area contributed by atoms with Crippen LogP contribution in [0.1, 0.15) is 62.9 Å². The van der Waals surface area contributed by atoms with Crippen LogP contribution in [0.15, 0.2) is 29.6 Å². The molecule has 4 rings (SSSR count). The molecule has 2 atom stereocenters. The van der Waals surface area contributed by atoms with E-state index in [4.69, 9.17) is 4.74 Å². The molecule has 2 aliphatic rings. The Balaban J connectivity index is 1.51. The highest BCUT2D eigenvalue weighted by molar-refractivity contribution is 7.15. The number of fused-ring (bicyclic) bond motifs is 2. The Labute approximate surface area is 209 Å². The summed E-state index contributed by atoms with van der Waals surface area (Å²) < 4.78 is 5.26. The summed E-state index contributed by atoms with van der Waals surface area (Å²) in [6, 6.07) is 7.77. The molecule has 2 aromatic rings. The second kappa shape index (κ2) is 9.22. The smallest absolute Gasteiger partial charge is 0.341 e. The normalized spacial score (nSPS) is 22.9. The Hall–Kier alpha value is -3.00. The average Bonchev–Trinajstić information content (AvgIpc) is 3.29. The maximum Gasteiger partial charge on any atom is 0.341 e. The zero-order valence-electron chi connectivity index (χ0n) is 20.9. The number of carbonyl (C=O) groups excluding carboxylic acids is 4. The summed E-state index contributed by atoms with van der Waals surface area (Å²) in [6.07, 6.45) is 1.33. The number of piperidine rings is 1. The number of nitrogens with zero attached hydrogens (tertiary/aromatic N) is 1. The number of ether oxygens (including phenoxy) is 1. The fourth-order valence-corrected chi connectivity index (χ4v) is 6.29. The van der Waals surface area contributed by atoms with E-state index >= 15 is 0 Å². The lowest BCUT2D eigenvalue weighted by atomic mass is 9.62.